The van der Waals surface area contributed by atoms with Crippen LogP contribution < -0.4 is 16.4 Å². The van der Waals surface area contributed by atoms with E-state index in [2.05, 4.69) is 47.5 Å². The third-order valence-corrected chi connectivity index (χ3v) is 13.6. The maximum Gasteiger partial charge on any atom is 0.430 e. The van der Waals surface area contributed by atoms with Crippen molar-refractivity contribution in [3.63, 3.8) is 0 Å². The number of nitrogens with zero attached hydrogens (tertiary/aromatic N) is 5. The number of urea groups is 1. The molecule has 7 rings (SSSR count). The first-order valence-electron chi connectivity index (χ1n) is 22.4. The number of alkyl halides is 12. The molecular formula is C48H42Br2F14N8O5. The topological polar surface area (TPSA) is 168 Å². The highest BCUT2D eigenvalue weighted by molar-refractivity contribution is 9.10. The fourth-order valence-corrected chi connectivity index (χ4v) is 9.05. The number of rotatable bonds is 10. The maximum atomic E-state index is 14.8. The molecule has 2 aliphatic heterocycles. The number of piperazine rings is 2. The zero-order valence-corrected chi connectivity index (χ0v) is 42.5. The monoisotopic (exact) mass is 1230 g/mol. The van der Waals surface area contributed by atoms with Crippen LogP contribution in [0.4, 0.5) is 83.3 Å². The molecule has 0 bridgehead atoms. The number of anilines is 3. The van der Waals surface area contributed by atoms with E-state index < -0.39 is 76.5 Å². The van der Waals surface area contributed by atoms with Gasteiger partial charge in [0.2, 0.25) is 0 Å². The first-order valence-corrected chi connectivity index (χ1v) is 24.0. The van der Waals surface area contributed by atoms with E-state index in [-0.39, 0.29) is 66.2 Å². The lowest BCUT2D eigenvalue weighted by Crippen LogP contribution is -2.53. The number of aromatic nitrogens is 1. The fraction of sp³-hybridized carbons (Fsp3) is 0.333. The van der Waals surface area contributed by atoms with Crippen molar-refractivity contribution in [3.05, 3.63) is 151 Å². The number of carbonyl (C=O) groups excluding carboxylic acids is 3. The molecule has 416 valence electrons. The Morgan fingerprint density at radius 1 is 0.532 bits per heavy atom. The predicted molar refractivity (Wildman–Crippen MR) is 257 cm³/mol. The van der Waals surface area contributed by atoms with Crippen LogP contribution in [0, 0.1) is 11.6 Å². The lowest BCUT2D eigenvalue weighted by molar-refractivity contribution is -0.376. The van der Waals surface area contributed by atoms with Crippen LogP contribution in [-0.2, 0) is 24.3 Å². The molecule has 0 unspecified atom stereocenters. The fourth-order valence-electron chi connectivity index (χ4n) is 8.01. The number of nitrogens with two attached hydrogens (primary N) is 1. The summed E-state index contributed by atoms with van der Waals surface area (Å²) in [5, 5.41) is 23.9. The Morgan fingerprint density at radius 3 is 1.27 bits per heavy atom. The molecule has 2 saturated heterocycles. The Hall–Kier alpha value is -6.14. The van der Waals surface area contributed by atoms with E-state index in [9.17, 15) is 86.1 Å². The summed E-state index contributed by atoms with van der Waals surface area (Å²) in [6.07, 6.45) is -20.9. The quantitative estimate of drug-likeness (QED) is 0.0676. The highest BCUT2D eigenvalue weighted by atomic mass is 79.9. The number of hydrogen-bond acceptors (Lipinski definition) is 9. The number of halogens is 16. The number of pyridine rings is 1. The van der Waals surface area contributed by atoms with Crippen molar-refractivity contribution in [2.75, 3.05) is 68.7 Å². The number of amides is 4. The molecule has 0 spiro atoms. The van der Waals surface area contributed by atoms with Crippen LogP contribution in [0.2, 0.25) is 0 Å². The number of aliphatic hydroxyl groups is 2. The van der Waals surface area contributed by atoms with Gasteiger partial charge in [-0.05, 0) is 79.4 Å². The Labute approximate surface area is 444 Å². The largest absolute Gasteiger partial charge is 0.430 e. The molecule has 5 aromatic rings. The summed E-state index contributed by atoms with van der Waals surface area (Å²) >= 11 is 6.43. The molecule has 3 heterocycles. The lowest BCUT2D eigenvalue weighted by Gasteiger charge is -2.35. The third-order valence-electron chi connectivity index (χ3n) is 12.3. The molecule has 0 atom stereocenters. The van der Waals surface area contributed by atoms with Crippen molar-refractivity contribution in [3.8, 4) is 0 Å². The SMILES string of the molecule is Nc1cc(Br)c(C(=O)N2CCN(Cc3ccc(C(O)(C(F)(F)F)C(F)(F)F)cc3)CC2)cc1F.O=C(Nc1ccncc1)Nc1cc(Br)c(C(=O)N2CCN(Cc3ccc(C(O)(C(F)(F)F)C(F)(F)F)cc3)CC2)cc1F. The van der Waals surface area contributed by atoms with Gasteiger partial charge in [-0.25, -0.2) is 13.6 Å². The van der Waals surface area contributed by atoms with Gasteiger partial charge in [-0.15, -0.1) is 0 Å². The standard InChI is InChI=1S/C27H23BrF7N5O3.C21H19BrF7N3O2/c28-20-14-22(38-24(42)37-18-5-7-36-8-6-18)21(29)13-19(20)23(41)40-11-9-39(10-12-40)15-16-1-3-17(4-2-16)25(43,26(30,31)32)27(33,34)35;22-15-10-17(30)16(23)9-14(15)18(33)32-7-5-31(6-8-32)11-12-1-3-13(4-2-12)19(34,20(24,25)26)21(27,28)29/h1-8,13-14,43H,9-12,15H2,(H2,36,37,38,42);1-4,9-10,34H,5-8,11,30H2. The van der Waals surface area contributed by atoms with Crippen LogP contribution in [0.3, 0.4) is 0 Å². The number of nitrogen functional groups attached to an aromatic ring is 1. The molecule has 77 heavy (non-hydrogen) atoms. The van der Waals surface area contributed by atoms with Crippen molar-refractivity contribution >= 4 is 66.8 Å². The van der Waals surface area contributed by atoms with Gasteiger partial charge in [-0.2, -0.15) is 52.7 Å². The average Bonchev–Trinajstić information content (AvgIpc) is 3.37. The van der Waals surface area contributed by atoms with Crippen molar-refractivity contribution in [1.29, 1.82) is 0 Å². The van der Waals surface area contributed by atoms with E-state index in [0.717, 1.165) is 36.4 Å². The number of benzene rings is 4. The van der Waals surface area contributed by atoms with E-state index in [1.165, 1.54) is 34.3 Å². The Kier molecular flexibility index (Phi) is 18.3. The van der Waals surface area contributed by atoms with E-state index in [4.69, 9.17) is 5.73 Å². The minimum absolute atomic E-state index is 0.0171. The third kappa shape index (κ3) is 13.6. The van der Waals surface area contributed by atoms with Gasteiger partial charge in [-0.1, -0.05) is 48.5 Å². The number of nitrogens with one attached hydrogen (secondary N) is 2. The van der Waals surface area contributed by atoms with Crippen LogP contribution >= 0.6 is 31.9 Å². The van der Waals surface area contributed by atoms with Crippen molar-refractivity contribution in [2.45, 2.75) is 49.0 Å². The molecule has 2 fully saturated rings. The van der Waals surface area contributed by atoms with Crippen LogP contribution in [0.15, 0.2) is 106 Å². The minimum Gasteiger partial charge on any atom is -0.396 e. The second-order valence-electron chi connectivity index (χ2n) is 17.4. The summed E-state index contributed by atoms with van der Waals surface area (Å²) in [6, 6.07) is 13.6. The van der Waals surface area contributed by atoms with Gasteiger partial charge in [0.05, 0.1) is 22.5 Å². The summed E-state index contributed by atoms with van der Waals surface area (Å²) in [5.41, 5.74) is -6.06. The van der Waals surface area contributed by atoms with Gasteiger partial charge in [0, 0.05) is 104 Å². The molecule has 0 saturated carbocycles. The minimum atomic E-state index is -5.97. The summed E-state index contributed by atoms with van der Waals surface area (Å²) in [7, 11) is 0. The zero-order valence-electron chi connectivity index (χ0n) is 39.3. The van der Waals surface area contributed by atoms with Gasteiger partial charge in [-0.3, -0.25) is 24.4 Å². The predicted octanol–water partition coefficient (Wildman–Crippen LogP) is 10.3. The number of carbonyl (C=O) groups is 3. The van der Waals surface area contributed by atoms with E-state index in [1.807, 2.05) is 9.80 Å². The highest BCUT2D eigenvalue weighted by Gasteiger charge is 2.72. The molecule has 0 radical (unpaired) electrons. The van der Waals surface area contributed by atoms with Crippen molar-refractivity contribution in [1.82, 2.24) is 24.6 Å². The molecule has 1 aromatic heterocycles. The van der Waals surface area contributed by atoms with Crippen molar-refractivity contribution < 1.29 is 86.1 Å². The molecule has 2 aliphatic rings. The molecule has 6 N–H and O–H groups in total. The van der Waals surface area contributed by atoms with E-state index in [0.29, 0.717) is 71.7 Å². The number of hydrogen-bond donors (Lipinski definition) is 5. The van der Waals surface area contributed by atoms with Gasteiger partial charge >= 0.3 is 30.7 Å². The van der Waals surface area contributed by atoms with Crippen LogP contribution in [0.1, 0.15) is 43.0 Å². The second-order valence-corrected chi connectivity index (χ2v) is 19.1. The molecule has 0 aliphatic carbocycles. The Balaban J connectivity index is 0.000000257. The lowest BCUT2D eigenvalue weighted by atomic mass is 9.91. The summed E-state index contributed by atoms with van der Waals surface area (Å²) in [6.45, 7) is 2.72. The average molecular weight is 1240 g/mol. The van der Waals surface area contributed by atoms with Crippen LogP contribution in [0.5, 0.6) is 0 Å². The van der Waals surface area contributed by atoms with Gasteiger partial charge < -0.3 is 36.4 Å². The molecule has 29 heteroatoms. The van der Waals surface area contributed by atoms with E-state index >= 15 is 0 Å². The first-order chi connectivity index (χ1) is 35.7. The van der Waals surface area contributed by atoms with Crippen molar-refractivity contribution in [2.24, 2.45) is 0 Å². The smallest absolute Gasteiger partial charge is 0.396 e. The van der Waals surface area contributed by atoms with Crippen LogP contribution in [0.25, 0.3) is 0 Å². The Bertz CT molecular complexity index is 2870. The normalized spacial score (nSPS) is 15.4. The summed E-state index contributed by atoms with van der Waals surface area (Å²) in [4.78, 5) is 48.5. The van der Waals surface area contributed by atoms with Gasteiger partial charge in [0.15, 0.2) is 0 Å². The van der Waals surface area contributed by atoms with Gasteiger partial charge in [0.25, 0.3) is 23.0 Å². The summed E-state index contributed by atoms with van der Waals surface area (Å²) < 4.78 is 186. The first kappa shape index (κ1) is 60.1. The molecule has 4 aromatic carbocycles. The highest BCUT2D eigenvalue weighted by Crippen LogP contribution is 2.51. The summed E-state index contributed by atoms with van der Waals surface area (Å²) in [5.74, 6) is -2.47. The zero-order chi connectivity index (χ0) is 57.1. The van der Waals surface area contributed by atoms with Gasteiger partial charge in [0.1, 0.15) is 11.6 Å². The maximum absolute atomic E-state index is 14.8. The Morgan fingerprint density at radius 2 is 0.896 bits per heavy atom. The molecular weight excluding hydrogens is 1190 g/mol. The second kappa shape index (κ2) is 23.4. The molecule has 13 nitrogen and oxygen atoms in total. The van der Waals surface area contributed by atoms with E-state index in [1.54, 1.807) is 12.1 Å². The van der Waals surface area contributed by atoms with Crippen LogP contribution in [-0.4, -0.2) is 130 Å². The molecule has 4 amide bonds.